The van der Waals surface area contributed by atoms with Crippen molar-refractivity contribution < 1.29 is 19.1 Å². The van der Waals surface area contributed by atoms with E-state index in [-0.39, 0.29) is 6.61 Å². The van der Waals surface area contributed by atoms with Crippen LogP contribution in [-0.4, -0.2) is 25.5 Å². The first-order valence-electron chi connectivity index (χ1n) is 5.18. The number of methoxy groups -OCH3 is 1. The van der Waals surface area contributed by atoms with E-state index in [4.69, 9.17) is 4.74 Å². The lowest BCUT2D eigenvalue weighted by molar-refractivity contribution is -0.150. The topological polar surface area (TPSA) is 52.6 Å². The zero-order chi connectivity index (χ0) is 12.0. The first kappa shape index (κ1) is 12.3. The molecule has 1 aliphatic rings. The minimum atomic E-state index is -0.896. The second-order valence-corrected chi connectivity index (χ2v) is 3.26. The van der Waals surface area contributed by atoms with E-state index < -0.39 is 11.8 Å². The van der Waals surface area contributed by atoms with Crippen LogP contribution in [-0.2, 0) is 19.1 Å². The maximum Gasteiger partial charge on any atom is 0.388 e. The summed E-state index contributed by atoms with van der Waals surface area (Å²) in [5.41, 5.74) is 0.806. The van der Waals surface area contributed by atoms with Crippen LogP contribution in [0.15, 0.2) is 11.3 Å². The van der Waals surface area contributed by atoms with E-state index >= 15 is 0 Å². The van der Waals surface area contributed by atoms with Crippen molar-refractivity contribution in [3.63, 3.8) is 0 Å². The van der Waals surface area contributed by atoms with Crippen LogP contribution < -0.4 is 0 Å². The van der Waals surface area contributed by atoms with Gasteiger partial charge in [0.2, 0.25) is 0 Å². The van der Waals surface area contributed by atoms with Crippen molar-refractivity contribution in [2.24, 2.45) is 0 Å². The molecule has 0 radical (unpaired) electrons. The Kier molecular flexibility index (Phi) is 4.59. The third-order valence-electron chi connectivity index (χ3n) is 2.20. The third-order valence-corrected chi connectivity index (χ3v) is 2.20. The highest BCUT2D eigenvalue weighted by Gasteiger charge is 2.15. The molecule has 0 aromatic carbocycles. The molecular weight excluding hydrogens is 208 g/mol. The summed E-state index contributed by atoms with van der Waals surface area (Å²) in [5.74, 6) is 4.05. The molecule has 0 atom stereocenters. The monoisotopic (exact) mass is 222 g/mol. The van der Waals surface area contributed by atoms with Crippen LogP contribution in [0.2, 0.25) is 0 Å². The van der Waals surface area contributed by atoms with Crippen molar-refractivity contribution in [2.45, 2.75) is 26.2 Å². The summed E-state index contributed by atoms with van der Waals surface area (Å²) in [6, 6.07) is 0. The number of esters is 1. The Morgan fingerprint density at radius 1 is 1.38 bits per heavy atom. The van der Waals surface area contributed by atoms with E-state index in [1.165, 1.54) is 0 Å². The SMILES string of the molecule is CCOC(=O)C(=O)C#CC1=C(OC)CCC1. The van der Waals surface area contributed by atoms with Crippen molar-refractivity contribution in [1.82, 2.24) is 0 Å². The average molecular weight is 222 g/mol. The molecule has 0 fully saturated rings. The number of ketones is 1. The van der Waals surface area contributed by atoms with Crippen LogP contribution in [0, 0.1) is 11.8 Å². The molecular formula is C12H14O4. The summed E-state index contributed by atoms with van der Waals surface area (Å²) >= 11 is 0. The van der Waals surface area contributed by atoms with Gasteiger partial charge in [0.15, 0.2) is 0 Å². The Morgan fingerprint density at radius 3 is 2.75 bits per heavy atom. The molecule has 0 aliphatic heterocycles. The van der Waals surface area contributed by atoms with E-state index in [2.05, 4.69) is 16.6 Å². The van der Waals surface area contributed by atoms with E-state index in [1.807, 2.05) is 0 Å². The molecule has 0 bridgehead atoms. The Labute approximate surface area is 94.6 Å². The lowest BCUT2D eigenvalue weighted by Gasteiger charge is -1.98. The molecule has 0 heterocycles. The summed E-state index contributed by atoms with van der Waals surface area (Å²) in [6.07, 6.45) is 2.61. The van der Waals surface area contributed by atoms with E-state index in [9.17, 15) is 9.59 Å². The summed E-state index contributed by atoms with van der Waals surface area (Å²) in [7, 11) is 1.58. The number of rotatable bonds is 3. The Balaban J connectivity index is 2.67. The van der Waals surface area contributed by atoms with Gasteiger partial charge in [0.25, 0.3) is 0 Å². The molecule has 1 rings (SSSR count). The standard InChI is InChI=1S/C12H14O4/c1-3-16-12(14)10(13)8-7-9-5-4-6-11(9)15-2/h3-6H2,1-2H3. The van der Waals surface area contributed by atoms with Gasteiger partial charge in [-0.15, -0.1) is 0 Å². The highest BCUT2D eigenvalue weighted by molar-refractivity contribution is 6.40. The van der Waals surface area contributed by atoms with Crippen LogP contribution in [0.3, 0.4) is 0 Å². The summed E-state index contributed by atoms with van der Waals surface area (Å²) in [6.45, 7) is 1.82. The maximum absolute atomic E-state index is 11.2. The summed E-state index contributed by atoms with van der Waals surface area (Å²) in [4.78, 5) is 22.2. The number of carbonyl (C=O) groups excluding carboxylic acids is 2. The molecule has 4 nitrogen and oxygen atoms in total. The molecule has 0 aromatic heterocycles. The quantitative estimate of drug-likeness (QED) is 0.312. The predicted molar refractivity (Wildman–Crippen MR) is 57.3 cm³/mol. The van der Waals surface area contributed by atoms with Crippen LogP contribution >= 0.6 is 0 Å². The number of allylic oxidation sites excluding steroid dienone is 2. The fourth-order valence-corrected chi connectivity index (χ4v) is 1.45. The molecule has 1 aliphatic carbocycles. The van der Waals surface area contributed by atoms with Gasteiger partial charge >= 0.3 is 11.8 Å². The summed E-state index contributed by atoms with van der Waals surface area (Å²) < 4.78 is 9.65. The van der Waals surface area contributed by atoms with E-state index in [1.54, 1.807) is 14.0 Å². The van der Waals surface area contributed by atoms with Gasteiger partial charge < -0.3 is 9.47 Å². The lowest BCUT2D eigenvalue weighted by Crippen LogP contribution is -2.15. The highest BCUT2D eigenvalue weighted by atomic mass is 16.5. The van der Waals surface area contributed by atoms with Gasteiger partial charge in [0.05, 0.1) is 13.7 Å². The van der Waals surface area contributed by atoms with Gasteiger partial charge in [-0.1, -0.05) is 5.92 Å². The lowest BCUT2D eigenvalue weighted by atomic mass is 10.2. The molecule has 0 amide bonds. The molecule has 0 spiro atoms. The summed E-state index contributed by atoms with van der Waals surface area (Å²) in [5, 5.41) is 0. The predicted octanol–water partition coefficient (Wildman–Crippen LogP) is 1.21. The van der Waals surface area contributed by atoms with Gasteiger partial charge in [-0.25, -0.2) is 4.79 Å². The van der Waals surface area contributed by atoms with Gasteiger partial charge in [0, 0.05) is 12.0 Å². The first-order valence-corrected chi connectivity index (χ1v) is 5.18. The largest absolute Gasteiger partial charge is 0.500 e. The zero-order valence-electron chi connectivity index (χ0n) is 9.46. The maximum atomic E-state index is 11.2. The molecule has 0 saturated heterocycles. The molecule has 16 heavy (non-hydrogen) atoms. The smallest absolute Gasteiger partial charge is 0.388 e. The molecule has 86 valence electrons. The van der Waals surface area contributed by atoms with Crippen LogP contribution in [0.4, 0.5) is 0 Å². The highest BCUT2D eigenvalue weighted by Crippen LogP contribution is 2.25. The Morgan fingerprint density at radius 2 is 2.12 bits per heavy atom. The van der Waals surface area contributed by atoms with Crippen LogP contribution in [0.5, 0.6) is 0 Å². The Bertz CT molecular complexity index is 382. The molecule has 0 aromatic rings. The second kappa shape index (κ2) is 5.96. The molecule has 0 saturated carbocycles. The first-order chi connectivity index (χ1) is 7.69. The number of hydrogen-bond acceptors (Lipinski definition) is 4. The normalized spacial score (nSPS) is 14.1. The van der Waals surface area contributed by atoms with Gasteiger partial charge in [-0.05, 0) is 25.7 Å². The van der Waals surface area contributed by atoms with Gasteiger partial charge in [-0.3, -0.25) is 4.79 Å². The zero-order valence-corrected chi connectivity index (χ0v) is 9.46. The number of ether oxygens (including phenoxy) is 2. The van der Waals surface area contributed by atoms with Crippen LogP contribution in [0.1, 0.15) is 26.2 Å². The minimum absolute atomic E-state index is 0.179. The van der Waals surface area contributed by atoms with Crippen molar-refractivity contribution >= 4 is 11.8 Å². The fourth-order valence-electron chi connectivity index (χ4n) is 1.45. The van der Waals surface area contributed by atoms with Gasteiger partial charge in [0.1, 0.15) is 5.76 Å². The number of Topliss-reactive ketones (excluding diaryl/α,β-unsaturated/α-hetero) is 1. The van der Waals surface area contributed by atoms with Crippen molar-refractivity contribution in [3.05, 3.63) is 11.3 Å². The number of carbonyl (C=O) groups is 2. The third kappa shape index (κ3) is 3.13. The van der Waals surface area contributed by atoms with Crippen molar-refractivity contribution in [1.29, 1.82) is 0 Å². The van der Waals surface area contributed by atoms with Crippen molar-refractivity contribution in [3.8, 4) is 11.8 Å². The van der Waals surface area contributed by atoms with E-state index in [0.29, 0.717) is 0 Å². The fraction of sp³-hybridized carbons (Fsp3) is 0.500. The molecule has 0 unspecified atom stereocenters. The van der Waals surface area contributed by atoms with Crippen LogP contribution in [0.25, 0.3) is 0 Å². The Hall–Kier alpha value is -1.76. The average Bonchev–Trinajstić information content (AvgIpc) is 2.73. The number of hydrogen-bond donors (Lipinski definition) is 0. The second-order valence-electron chi connectivity index (χ2n) is 3.26. The van der Waals surface area contributed by atoms with Crippen molar-refractivity contribution in [2.75, 3.05) is 13.7 Å². The minimum Gasteiger partial charge on any atom is -0.500 e. The molecule has 4 heteroatoms. The molecule has 0 N–H and O–H groups in total. The van der Waals surface area contributed by atoms with E-state index in [0.717, 1.165) is 30.6 Å². The van der Waals surface area contributed by atoms with Gasteiger partial charge in [-0.2, -0.15) is 0 Å².